The van der Waals surface area contributed by atoms with Gasteiger partial charge < -0.3 is 10.1 Å². The van der Waals surface area contributed by atoms with Gasteiger partial charge in [0.15, 0.2) is 0 Å². The summed E-state index contributed by atoms with van der Waals surface area (Å²) < 4.78 is 43.5. The molecule has 0 aliphatic rings. The Kier molecular flexibility index (Phi) is 4.07. The van der Waals surface area contributed by atoms with Gasteiger partial charge in [-0.25, -0.2) is 4.98 Å². The predicted octanol–water partition coefficient (Wildman–Crippen LogP) is 3.12. The molecule has 1 aromatic carbocycles. The van der Waals surface area contributed by atoms with Gasteiger partial charge in [0.25, 0.3) is 0 Å². The summed E-state index contributed by atoms with van der Waals surface area (Å²) in [6.07, 6.45) is -1.52. The van der Waals surface area contributed by atoms with Gasteiger partial charge in [-0.3, -0.25) is 4.98 Å². The number of alkyl halides is 3. The lowest BCUT2D eigenvalue weighted by atomic mass is 10.2. The van der Waals surface area contributed by atoms with Gasteiger partial charge in [-0.1, -0.05) is 12.1 Å². The zero-order chi connectivity index (χ0) is 14.6. The highest BCUT2D eigenvalue weighted by Gasteiger charge is 2.33. The first-order valence-electron chi connectivity index (χ1n) is 5.78. The van der Waals surface area contributed by atoms with Gasteiger partial charge in [0.2, 0.25) is 0 Å². The average molecular weight is 283 g/mol. The normalized spacial score (nSPS) is 11.2. The number of hydrogen-bond donors (Lipinski definition) is 1. The molecule has 2 aromatic rings. The molecule has 2 rings (SSSR count). The van der Waals surface area contributed by atoms with E-state index in [4.69, 9.17) is 4.74 Å². The van der Waals surface area contributed by atoms with E-state index in [-0.39, 0.29) is 12.4 Å². The molecule has 0 saturated heterocycles. The van der Waals surface area contributed by atoms with Gasteiger partial charge in [-0.2, -0.15) is 13.2 Å². The van der Waals surface area contributed by atoms with Crippen LogP contribution in [0.15, 0.2) is 36.7 Å². The smallest absolute Gasteiger partial charge is 0.419 e. The minimum atomic E-state index is -4.45. The molecule has 0 radical (unpaired) electrons. The molecule has 0 unspecified atom stereocenters. The highest BCUT2D eigenvalue weighted by molar-refractivity contribution is 5.35. The Morgan fingerprint density at radius 1 is 1.15 bits per heavy atom. The van der Waals surface area contributed by atoms with Crippen LogP contribution in [0.5, 0.6) is 5.75 Å². The van der Waals surface area contributed by atoms with Crippen LogP contribution in [0, 0.1) is 0 Å². The van der Waals surface area contributed by atoms with Crippen LogP contribution in [0.2, 0.25) is 0 Å². The Morgan fingerprint density at radius 3 is 2.50 bits per heavy atom. The average Bonchev–Trinajstić information content (AvgIpc) is 2.45. The van der Waals surface area contributed by atoms with E-state index in [1.165, 1.54) is 30.6 Å². The number of rotatable bonds is 4. The Morgan fingerprint density at radius 2 is 1.90 bits per heavy atom. The lowest BCUT2D eigenvalue weighted by Gasteiger charge is -2.13. The van der Waals surface area contributed by atoms with Crippen molar-refractivity contribution in [2.75, 3.05) is 12.4 Å². The fraction of sp³-hybridized carbons (Fsp3) is 0.231. The maximum Gasteiger partial charge on any atom is 0.419 e. The first kappa shape index (κ1) is 14.1. The molecule has 7 heteroatoms. The summed E-state index contributed by atoms with van der Waals surface area (Å²) in [6, 6.07) is 5.06. The van der Waals surface area contributed by atoms with E-state index in [0.717, 1.165) is 6.07 Å². The third-order valence-corrected chi connectivity index (χ3v) is 2.53. The molecule has 0 atom stereocenters. The van der Waals surface area contributed by atoms with Crippen LogP contribution < -0.4 is 10.1 Å². The zero-order valence-electron chi connectivity index (χ0n) is 10.6. The van der Waals surface area contributed by atoms with Crippen molar-refractivity contribution in [2.45, 2.75) is 12.8 Å². The maximum atomic E-state index is 12.8. The van der Waals surface area contributed by atoms with Crippen molar-refractivity contribution in [3.63, 3.8) is 0 Å². The highest BCUT2D eigenvalue weighted by Crippen LogP contribution is 2.36. The summed E-state index contributed by atoms with van der Waals surface area (Å²) in [7, 11) is 1.69. The molecule has 1 aromatic heterocycles. The van der Waals surface area contributed by atoms with Crippen molar-refractivity contribution >= 4 is 5.82 Å². The predicted molar refractivity (Wildman–Crippen MR) is 67.4 cm³/mol. The SMILES string of the molecule is CNc1cnc(COc2ccccc2C(F)(F)F)cn1. The van der Waals surface area contributed by atoms with Gasteiger partial charge in [-0.05, 0) is 12.1 Å². The van der Waals surface area contributed by atoms with Crippen molar-refractivity contribution < 1.29 is 17.9 Å². The summed E-state index contributed by atoms with van der Waals surface area (Å²) in [5.41, 5.74) is -0.360. The van der Waals surface area contributed by atoms with Crippen LogP contribution in [-0.4, -0.2) is 17.0 Å². The molecule has 4 nitrogen and oxygen atoms in total. The van der Waals surface area contributed by atoms with Gasteiger partial charge >= 0.3 is 6.18 Å². The largest absolute Gasteiger partial charge is 0.487 e. The lowest BCUT2D eigenvalue weighted by molar-refractivity contribution is -0.139. The number of halogens is 3. The number of nitrogens with zero attached hydrogens (tertiary/aromatic N) is 2. The van der Waals surface area contributed by atoms with E-state index < -0.39 is 11.7 Å². The van der Waals surface area contributed by atoms with Crippen LogP contribution in [0.3, 0.4) is 0 Å². The van der Waals surface area contributed by atoms with Crippen molar-refractivity contribution in [1.29, 1.82) is 0 Å². The maximum absolute atomic E-state index is 12.8. The molecule has 1 heterocycles. The molecular weight excluding hydrogens is 271 g/mol. The van der Waals surface area contributed by atoms with E-state index in [2.05, 4.69) is 15.3 Å². The quantitative estimate of drug-likeness (QED) is 0.936. The molecule has 1 N–H and O–H groups in total. The molecular formula is C13H12F3N3O. The van der Waals surface area contributed by atoms with Crippen molar-refractivity contribution in [2.24, 2.45) is 0 Å². The lowest BCUT2D eigenvalue weighted by Crippen LogP contribution is -2.09. The number of ether oxygens (including phenoxy) is 1. The van der Waals surface area contributed by atoms with Gasteiger partial charge in [0, 0.05) is 7.05 Å². The number of aromatic nitrogens is 2. The number of nitrogens with one attached hydrogen (secondary N) is 1. The van der Waals surface area contributed by atoms with Crippen LogP contribution in [0.1, 0.15) is 11.3 Å². The fourth-order valence-corrected chi connectivity index (χ4v) is 1.54. The number of anilines is 1. The Bertz CT molecular complexity index is 570. The van der Waals surface area contributed by atoms with Gasteiger partial charge in [0.1, 0.15) is 18.2 Å². The number of para-hydroxylation sites is 1. The minimum absolute atomic E-state index is 0.0793. The second kappa shape index (κ2) is 5.77. The molecule has 106 valence electrons. The number of hydrogen-bond acceptors (Lipinski definition) is 4. The molecule has 0 amide bonds. The molecule has 20 heavy (non-hydrogen) atoms. The van der Waals surface area contributed by atoms with Crippen LogP contribution in [-0.2, 0) is 12.8 Å². The molecule has 0 aliphatic heterocycles. The summed E-state index contributed by atoms with van der Waals surface area (Å²) in [4.78, 5) is 8.03. The summed E-state index contributed by atoms with van der Waals surface area (Å²) in [5.74, 6) is 0.351. The van der Waals surface area contributed by atoms with Crippen LogP contribution in [0.4, 0.5) is 19.0 Å². The molecule has 0 saturated carbocycles. The summed E-state index contributed by atoms with van der Waals surface area (Å²) in [6.45, 7) is -0.0793. The Balaban J connectivity index is 2.10. The van der Waals surface area contributed by atoms with E-state index >= 15 is 0 Å². The summed E-state index contributed by atoms with van der Waals surface area (Å²) in [5, 5.41) is 2.79. The third kappa shape index (κ3) is 3.37. The number of benzene rings is 1. The Labute approximate surface area is 113 Å². The molecule has 0 fully saturated rings. The monoisotopic (exact) mass is 283 g/mol. The van der Waals surface area contributed by atoms with Crippen molar-refractivity contribution in [3.05, 3.63) is 47.9 Å². The first-order valence-corrected chi connectivity index (χ1v) is 5.78. The molecule has 0 aliphatic carbocycles. The van der Waals surface area contributed by atoms with Crippen molar-refractivity contribution in [1.82, 2.24) is 9.97 Å². The standard InChI is InChI=1S/C13H12F3N3O/c1-17-12-7-18-9(6-19-12)8-20-11-5-3-2-4-10(11)13(14,15)16/h2-7H,8H2,1H3,(H,17,19). The second-order valence-electron chi connectivity index (χ2n) is 3.93. The highest BCUT2D eigenvalue weighted by atomic mass is 19.4. The van der Waals surface area contributed by atoms with Gasteiger partial charge in [0.05, 0.1) is 23.7 Å². The minimum Gasteiger partial charge on any atom is -0.487 e. The van der Waals surface area contributed by atoms with E-state index in [0.29, 0.717) is 11.5 Å². The van der Waals surface area contributed by atoms with Crippen LogP contribution in [0.25, 0.3) is 0 Å². The zero-order valence-corrected chi connectivity index (χ0v) is 10.6. The van der Waals surface area contributed by atoms with Crippen LogP contribution >= 0.6 is 0 Å². The fourth-order valence-electron chi connectivity index (χ4n) is 1.54. The van der Waals surface area contributed by atoms with Gasteiger partial charge in [-0.15, -0.1) is 0 Å². The molecule has 0 spiro atoms. The van der Waals surface area contributed by atoms with E-state index in [1.807, 2.05) is 0 Å². The molecule has 0 bridgehead atoms. The van der Waals surface area contributed by atoms with E-state index in [9.17, 15) is 13.2 Å². The second-order valence-corrected chi connectivity index (χ2v) is 3.93. The van der Waals surface area contributed by atoms with Crippen molar-refractivity contribution in [3.8, 4) is 5.75 Å². The third-order valence-electron chi connectivity index (χ3n) is 2.53. The first-order chi connectivity index (χ1) is 9.50. The Hall–Kier alpha value is -2.31. The topological polar surface area (TPSA) is 47.0 Å². The summed E-state index contributed by atoms with van der Waals surface area (Å²) >= 11 is 0. The van der Waals surface area contributed by atoms with E-state index in [1.54, 1.807) is 7.05 Å².